The number of nitrogens with two attached hydrogens (primary N) is 1. The Balaban J connectivity index is 1.91. The molecule has 4 N–H and O–H groups in total. The van der Waals surface area contributed by atoms with Crippen LogP contribution in [-0.4, -0.2) is 37.3 Å². The summed E-state index contributed by atoms with van der Waals surface area (Å²) in [6.07, 6.45) is -0.690. The van der Waals surface area contributed by atoms with E-state index in [1.54, 1.807) is 32.0 Å². The molecule has 1 unspecified atom stereocenters. The van der Waals surface area contributed by atoms with Gasteiger partial charge in [0.25, 0.3) is 0 Å². The summed E-state index contributed by atoms with van der Waals surface area (Å²) in [6, 6.07) is 5.37. The molecular weight excluding hydrogens is 272 g/mol. The van der Waals surface area contributed by atoms with Crippen molar-refractivity contribution in [2.75, 3.05) is 26.3 Å². The first-order valence-corrected chi connectivity index (χ1v) is 6.98. The van der Waals surface area contributed by atoms with Crippen LogP contribution in [0.15, 0.2) is 18.2 Å². The Morgan fingerprint density at radius 1 is 1.38 bits per heavy atom. The predicted molar refractivity (Wildman–Crippen MR) is 78.2 cm³/mol. The van der Waals surface area contributed by atoms with Gasteiger partial charge >= 0.3 is 0 Å². The third-order valence-corrected chi connectivity index (χ3v) is 3.52. The quantitative estimate of drug-likeness (QED) is 0.714. The fourth-order valence-corrected chi connectivity index (χ4v) is 1.99. The fourth-order valence-electron chi connectivity index (χ4n) is 1.99. The maximum absolute atomic E-state index is 11.2. The highest BCUT2D eigenvalue weighted by Crippen LogP contribution is 2.32. The van der Waals surface area contributed by atoms with Crippen molar-refractivity contribution in [3.05, 3.63) is 23.8 Å². The summed E-state index contributed by atoms with van der Waals surface area (Å²) in [7, 11) is 0. The van der Waals surface area contributed by atoms with Crippen LogP contribution in [0.3, 0.4) is 0 Å². The van der Waals surface area contributed by atoms with Crippen molar-refractivity contribution in [2.24, 2.45) is 11.1 Å². The summed E-state index contributed by atoms with van der Waals surface area (Å²) < 4.78 is 10.9. The van der Waals surface area contributed by atoms with Crippen molar-refractivity contribution in [1.82, 2.24) is 5.32 Å². The van der Waals surface area contributed by atoms with E-state index in [1.807, 2.05) is 0 Å². The molecule has 0 saturated carbocycles. The summed E-state index contributed by atoms with van der Waals surface area (Å²) in [5, 5.41) is 13.2. The lowest BCUT2D eigenvalue weighted by atomic mass is 9.92. The van der Waals surface area contributed by atoms with E-state index in [4.69, 9.17) is 15.2 Å². The van der Waals surface area contributed by atoms with Crippen LogP contribution in [0.5, 0.6) is 11.5 Å². The van der Waals surface area contributed by atoms with Gasteiger partial charge in [0.1, 0.15) is 13.2 Å². The van der Waals surface area contributed by atoms with Gasteiger partial charge in [-0.25, -0.2) is 0 Å². The second-order valence-electron chi connectivity index (χ2n) is 5.80. The molecule has 1 amide bonds. The number of ether oxygens (including phenoxy) is 2. The Hall–Kier alpha value is -1.79. The SMILES string of the molecule is CC(C)(CNCC(O)c1ccc2c(c1)OCCO2)C(N)=O. The van der Waals surface area contributed by atoms with Gasteiger partial charge in [0.15, 0.2) is 11.5 Å². The molecule has 6 nitrogen and oxygen atoms in total. The molecule has 1 aromatic rings. The van der Waals surface area contributed by atoms with Gasteiger partial charge < -0.3 is 25.6 Å². The molecule has 1 atom stereocenters. The van der Waals surface area contributed by atoms with Crippen LogP contribution in [0.25, 0.3) is 0 Å². The molecule has 0 bridgehead atoms. The van der Waals surface area contributed by atoms with Crippen molar-refractivity contribution >= 4 is 5.91 Å². The summed E-state index contributed by atoms with van der Waals surface area (Å²) in [5.74, 6) is 0.971. The summed E-state index contributed by atoms with van der Waals surface area (Å²) in [4.78, 5) is 11.2. The molecule has 0 fully saturated rings. The first-order chi connectivity index (χ1) is 9.90. The lowest BCUT2D eigenvalue weighted by Crippen LogP contribution is -2.41. The number of benzene rings is 1. The molecule has 21 heavy (non-hydrogen) atoms. The number of carbonyl (C=O) groups excluding carboxylic acids is 1. The normalized spacial score (nSPS) is 15.6. The molecule has 1 aliphatic heterocycles. The number of hydrogen-bond acceptors (Lipinski definition) is 5. The van der Waals surface area contributed by atoms with Crippen LogP contribution in [0.4, 0.5) is 0 Å². The van der Waals surface area contributed by atoms with Crippen LogP contribution in [0.2, 0.25) is 0 Å². The number of aliphatic hydroxyl groups excluding tert-OH is 1. The Morgan fingerprint density at radius 2 is 2.05 bits per heavy atom. The van der Waals surface area contributed by atoms with Gasteiger partial charge in [0, 0.05) is 13.1 Å². The van der Waals surface area contributed by atoms with Gasteiger partial charge in [-0.15, -0.1) is 0 Å². The number of nitrogens with one attached hydrogen (secondary N) is 1. The van der Waals surface area contributed by atoms with Crippen LogP contribution in [0.1, 0.15) is 25.5 Å². The van der Waals surface area contributed by atoms with E-state index in [2.05, 4.69) is 5.32 Å². The second kappa shape index (κ2) is 6.32. The highest BCUT2D eigenvalue weighted by Gasteiger charge is 2.24. The smallest absolute Gasteiger partial charge is 0.224 e. The van der Waals surface area contributed by atoms with Crippen molar-refractivity contribution in [3.8, 4) is 11.5 Å². The number of fused-ring (bicyclic) bond motifs is 1. The zero-order chi connectivity index (χ0) is 15.5. The molecule has 6 heteroatoms. The minimum atomic E-state index is -0.690. The predicted octanol–water partition coefficient (Wildman–Crippen LogP) is 0.592. The zero-order valence-corrected chi connectivity index (χ0v) is 12.4. The van der Waals surface area contributed by atoms with E-state index >= 15 is 0 Å². The molecule has 116 valence electrons. The molecular formula is C15H22N2O4. The van der Waals surface area contributed by atoms with Gasteiger partial charge in [-0.3, -0.25) is 4.79 Å². The molecule has 1 aromatic carbocycles. The number of hydrogen-bond donors (Lipinski definition) is 3. The lowest BCUT2D eigenvalue weighted by Gasteiger charge is -2.23. The number of amides is 1. The maximum atomic E-state index is 11.2. The molecule has 0 spiro atoms. The third kappa shape index (κ3) is 3.86. The topological polar surface area (TPSA) is 93.8 Å². The van der Waals surface area contributed by atoms with E-state index in [1.165, 1.54) is 0 Å². The van der Waals surface area contributed by atoms with Crippen molar-refractivity contribution < 1.29 is 19.4 Å². The Labute approximate surface area is 124 Å². The molecule has 0 aliphatic carbocycles. The van der Waals surface area contributed by atoms with Crippen molar-refractivity contribution in [2.45, 2.75) is 20.0 Å². The van der Waals surface area contributed by atoms with Gasteiger partial charge in [-0.2, -0.15) is 0 Å². The van der Waals surface area contributed by atoms with E-state index in [9.17, 15) is 9.90 Å². The number of rotatable bonds is 6. The first-order valence-electron chi connectivity index (χ1n) is 6.98. The van der Waals surface area contributed by atoms with E-state index in [0.717, 1.165) is 5.56 Å². The monoisotopic (exact) mass is 294 g/mol. The second-order valence-corrected chi connectivity index (χ2v) is 5.80. The largest absolute Gasteiger partial charge is 0.486 e. The highest BCUT2D eigenvalue weighted by molar-refractivity contribution is 5.80. The van der Waals surface area contributed by atoms with Gasteiger partial charge in [-0.1, -0.05) is 6.07 Å². The van der Waals surface area contributed by atoms with Crippen LogP contribution < -0.4 is 20.5 Å². The van der Waals surface area contributed by atoms with Crippen LogP contribution in [0, 0.1) is 5.41 Å². The van der Waals surface area contributed by atoms with E-state index in [-0.39, 0.29) is 5.91 Å². The van der Waals surface area contributed by atoms with Crippen LogP contribution >= 0.6 is 0 Å². The Bertz CT molecular complexity index is 516. The van der Waals surface area contributed by atoms with E-state index < -0.39 is 11.5 Å². The summed E-state index contributed by atoms with van der Waals surface area (Å²) in [6.45, 7) is 5.31. The fraction of sp³-hybridized carbons (Fsp3) is 0.533. The van der Waals surface area contributed by atoms with Gasteiger partial charge in [-0.05, 0) is 31.5 Å². The molecule has 0 saturated heterocycles. The zero-order valence-electron chi connectivity index (χ0n) is 12.4. The minimum Gasteiger partial charge on any atom is -0.486 e. The lowest BCUT2D eigenvalue weighted by molar-refractivity contribution is -0.125. The van der Waals surface area contributed by atoms with Crippen molar-refractivity contribution in [3.63, 3.8) is 0 Å². The Kier molecular flexibility index (Phi) is 4.69. The number of aliphatic hydroxyl groups is 1. The number of carbonyl (C=O) groups is 1. The first kappa shape index (κ1) is 15.6. The van der Waals surface area contributed by atoms with Crippen LogP contribution in [-0.2, 0) is 4.79 Å². The molecule has 2 rings (SSSR count). The third-order valence-electron chi connectivity index (χ3n) is 3.52. The number of primary amides is 1. The molecule has 1 heterocycles. The van der Waals surface area contributed by atoms with E-state index in [0.29, 0.717) is 37.8 Å². The van der Waals surface area contributed by atoms with Crippen molar-refractivity contribution in [1.29, 1.82) is 0 Å². The molecule has 0 aromatic heterocycles. The Morgan fingerprint density at radius 3 is 2.71 bits per heavy atom. The average molecular weight is 294 g/mol. The molecule has 0 radical (unpaired) electrons. The standard InChI is InChI=1S/C15H22N2O4/c1-15(2,14(16)19)9-17-8-11(18)10-3-4-12-13(7-10)21-6-5-20-12/h3-4,7,11,17-18H,5-6,8-9H2,1-2H3,(H2,16,19). The average Bonchev–Trinajstić information content (AvgIpc) is 2.46. The highest BCUT2D eigenvalue weighted by atomic mass is 16.6. The maximum Gasteiger partial charge on any atom is 0.224 e. The summed E-state index contributed by atoms with van der Waals surface area (Å²) >= 11 is 0. The minimum absolute atomic E-state index is 0.330. The van der Waals surface area contributed by atoms with Gasteiger partial charge in [0.05, 0.1) is 11.5 Å². The van der Waals surface area contributed by atoms with Gasteiger partial charge in [0.2, 0.25) is 5.91 Å². The molecule has 1 aliphatic rings. The summed E-state index contributed by atoms with van der Waals surface area (Å²) in [5.41, 5.74) is 5.40.